The molecule has 0 bridgehead atoms. The van der Waals surface area contributed by atoms with Gasteiger partial charge in [0.25, 0.3) is 0 Å². The summed E-state index contributed by atoms with van der Waals surface area (Å²) >= 11 is 0. The molecule has 4 heteroatoms. The maximum atomic E-state index is 12.7. The van der Waals surface area contributed by atoms with Crippen LogP contribution in [0.3, 0.4) is 0 Å². The number of carbonyl (C=O) groups excluding carboxylic acids is 1. The first-order valence-corrected chi connectivity index (χ1v) is 6.36. The Hall–Kier alpha value is -1.42. The van der Waals surface area contributed by atoms with Gasteiger partial charge in [0.2, 0.25) is 5.91 Å². The van der Waals surface area contributed by atoms with Crippen LogP contribution in [-0.2, 0) is 11.2 Å². The van der Waals surface area contributed by atoms with Gasteiger partial charge in [0.05, 0.1) is 6.42 Å². The number of likely N-dealkylation sites (tertiary alicyclic amines) is 1. The minimum atomic E-state index is -0.269. The van der Waals surface area contributed by atoms with Gasteiger partial charge in [-0.1, -0.05) is 12.1 Å². The highest BCUT2D eigenvalue weighted by Gasteiger charge is 2.18. The van der Waals surface area contributed by atoms with Gasteiger partial charge in [-0.2, -0.15) is 0 Å². The number of halogens is 1. The molecule has 0 atom stereocenters. The van der Waals surface area contributed by atoms with E-state index in [0.717, 1.165) is 31.5 Å². The van der Waals surface area contributed by atoms with E-state index in [4.69, 9.17) is 0 Å². The average Bonchev–Trinajstić information content (AvgIpc) is 2.35. The van der Waals surface area contributed by atoms with E-state index in [0.29, 0.717) is 6.42 Å². The number of amides is 1. The largest absolute Gasteiger partial charge is 0.353 e. The zero-order chi connectivity index (χ0) is 13.0. The van der Waals surface area contributed by atoms with E-state index in [1.54, 1.807) is 12.1 Å². The lowest BCUT2D eigenvalue weighted by Crippen LogP contribution is -2.43. The van der Waals surface area contributed by atoms with Crippen molar-refractivity contribution in [2.24, 2.45) is 0 Å². The van der Waals surface area contributed by atoms with Gasteiger partial charge in [-0.15, -0.1) is 0 Å². The zero-order valence-corrected chi connectivity index (χ0v) is 10.7. The summed E-state index contributed by atoms with van der Waals surface area (Å²) in [6.45, 7) is 2.06. The molecular formula is C14H19FN2O. The molecule has 2 rings (SSSR count). The van der Waals surface area contributed by atoms with Crippen LogP contribution in [0.5, 0.6) is 0 Å². The van der Waals surface area contributed by atoms with Crippen molar-refractivity contribution in [1.29, 1.82) is 0 Å². The molecule has 1 heterocycles. The van der Waals surface area contributed by atoms with E-state index >= 15 is 0 Å². The van der Waals surface area contributed by atoms with Crippen molar-refractivity contribution in [3.63, 3.8) is 0 Å². The maximum Gasteiger partial charge on any atom is 0.224 e. The van der Waals surface area contributed by atoms with Crippen molar-refractivity contribution >= 4 is 5.91 Å². The lowest BCUT2D eigenvalue weighted by Gasteiger charge is -2.29. The predicted octanol–water partition coefficient (Wildman–Crippen LogP) is 1.58. The third-order valence-electron chi connectivity index (χ3n) is 3.36. The third-order valence-corrected chi connectivity index (χ3v) is 3.36. The maximum absolute atomic E-state index is 12.7. The Balaban J connectivity index is 1.80. The standard InChI is InChI=1S/C14H19FN2O/c1-17-8-6-13(7-9-17)16-14(18)10-11-2-4-12(15)5-3-11/h2-5,13H,6-10H2,1H3,(H,16,18). The minimum Gasteiger partial charge on any atom is -0.353 e. The Kier molecular flexibility index (Phi) is 4.31. The summed E-state index contributed by atoms with van der Waals surface area (Å²) in [5.41, 5.74) is 0.849. The smallest absolute Gasteiger partial charge is 0.224 e. The van der Waals surface area contributed by atoms with Gasteiger partial charge in [-0.05, 0) is 50.7 Å². The fourth-order valence-corrected chi connectivity index (χ4v) is 2.22. The molecule has 0 aromatic heterocycles. The molecule has 0 saturated carbocycles. The molecule has 1 aliphatic heterocycles. The second-order valence-electron chi connectivity index (χ2n) is 4.95. The predicted molar refractivity (Wildman–Crippen MR) is 68.8 cm³/mol. The van der Waals surface area contributed by atoms with Crippen LogP contribution in [0.4, 0.5) is 4.39 Å². The molecule has 98 valence electrons. The van der Waals surface area contributed by atoms with Gasteiger partial charge in [0.15, 0.2) is 0 Å². The number of nitrogens with one attached hydrogen (secondary N) is 1. The highest BCUT2D eigenvalue weighted by molar-refractivity contribution is 5.78. The van der Waals surface area contributed by atoms with Gasteiger partial charge in [-0.25, -0.2) is 4.39 Å². The number of hydrogen-bond donors (Lipinski definition) is 1. The molecule has 1 aromatic carbocycles. The Morgan fingerprint density at radius 3 is 2.56 bits per heavy atom. The van der Waals surface area contributed by atoms with Crippen molar-refractivity contribution in [2.45, 2.75) is 25.3 Å². The summed E-state index contributed by atoms with van der Waals surface area (Å²) in [6, 6.07) is 6.37. The van der Waals surface area contributed by atoms with Crippen LogP contribution >= 0.6 is 0 Å². The fraction of sp³-hybridized carbons (Fsp3) is 0.500. The Labute approximate surface area is 107 Å². The molecule has 1 aromatic rings. The molecule has 1 fully saturated rings. The summed E-state index contributed by atoms with van der Waals surface area (Å²) in [4.78, 5) is 14.1. The molecule has 1 amide bonds. The lowest BCUT2D eigenvalue weighted by molar-refractivity contribution is -0.121. The van der Waals surface area contributed by atoms with Crippen molar-refractivity contribution in [3.8, 4) is 0 Å². The normalized spacial score (nSPS) is 17.7. The van der Waals surface area contributed by atoms with E-state index in [2.05, 4.69) is 17.3 Å². The van der Waals surface area contributed by atoms with Crippen LogP contribution in [-0.4, -0.2) is 37.0 Å². The van der Waals surface area contributed by atoms with Crippen LogP contribution in [0.1, 0.15) is 18.4 Å². The third kappa shape index (κ3) is 3.81. The SMILES string of the molecule is CN1CCC(NC(=O)Cc2ccc(F)cc2)CC1. The van der Waals surface area contributed by atoms with Crippen LogP contribution in [0.25, 0.3) is 0 Å². The van der Waals surface area contributed by atoms with Crippen LogP contribution in [0.2, 0.25) is 0 Å². The molecule has 18 heavy (non-hydrogen) atoms. The molecule has 3 nitrogen and oxygen atoms in total. The molecule has 0 aliphatic carbocycles. The summed E-state index contributed by atoms with van der Waals surface area (Å²) in [5, 5.41) is 3.04. The average molecular weight is 250 g/mol. The number of benzene rings is 1. The van der Waals surface area contributed by atoms with E-state index < -0.39 is 0 Å². The van der Waals surface area contributed by atoms with Crippen LogP contribution in [0.15, 0.2) is 24.3 Å². The van der Waals surface area contributed by atoms with Crippen molar-refractivity contribution < 1.29 is 9.18 Å². The van der Waals surface area contributed by atoms with E-state index in [1.165, 1.54) is 12.1 Å². The second kappa shape index (κ2) is 5.96. The first-order valence-electron chi connectivity index (χ1n) is 6.36. The quantitative estimate of drug-likeness (QED) is 0.883. The highest BCUT2D eigenvalue weighted by Crippen LogP contribution is 2.09. The van der Waals surface area contributed by atoms with Gasteiger partial charge in [0, 0.05) is 6.04 Å². The van der Waals surface area contributed by atoms with Gasteiger partial charge < -0.3 is 10.2 Å². The lowest BCUT2D eigenvalue weighted by atomic mass is 10.0. The molecule has 1 N–H and O–H groups in total. The zero-order valence-electron chi connectivity index (χ0n) is 10.7. The fourth-order valence-electron chi connectivity index (χ4n) is 2.22. The number of piperidine rings is 1. The van der Waals surface area contributed by atoms with E-state index in [9.17, 15) is 9.18 Å². The molecule has 0 spiro atoms. The van der Waals surface area contributed by atoms with Gasteiger partial charge in [-0.3, -0.25) is 4.79 Å². The number of carbonyl (C=O) groups is 1. The Bertz CT molecular complexity index is 397. The molecule has 0 unspecified atom stereocenters. The monoisotopic (exact) mass is 250 g/mol. The number of hydrogen-bond acceptors (Lipinski definition) is 2. The Morgan fingerprint density at radius 2 is 1.94 bits per heavy atom. The van der Waals surface area contributed by atoms with Gasteiger partial charge in [0.1, 0.15) is 5.82 Å². The topological polar surface area (TPSA) is 32.3 Å². The summed E-state index contributed by atoms with van der Waals surface area (Å²) in [6.07, 6.45) is 2.34. The van der Waals surface area contributed by atoms with E-state index in [-0.39, 0.29) is 17.8 Å². The summed E-state index contributed by atoms with van der Waals surface area (Å²) in [5.74, 6) is -0.245. The van der Waals surface area contributed by atoms with Crippen LogP contribution < -0.4 is 5.32 Å². The second-order valence-corrected chi connectivity index (χ2v) is 4.95. The van der Waals surface area contributed by atoms with Crippen molar-refractivity contribution in [1.82, 2.24) is 10.2 Å². The van der Waals surface area contributed by atoms with E-state index in [1.807, 2.05) is 0 Å². The molecular weight excluding hydrogens is 231 g/mol. The molecule has 1 saturated heterocycles. The van der Waals surface area contributed by atoms with Gasteiger partial charge >= 0.3 is 0 Å². The first-order chi connectivity index (χ1) is 8.63. The van der Waals surface area contributed by atoms with Crippen LogP contribution in [0, 0.1) is 5.82 Å². The summed E-state index contributed by atoms with van der Waals surface area (Å²) < 4.78 is 12.7. The minimum absolute atomic E-state index is 0.0242. The number of rotatable bonds is 3. The molecule has 1 aliphatic rings. The van der Waals surface area contributed by atoms with Crippen molar-refractivity contribution in [2.75, 3.05) is 20.1 Å². The highest BCUT2D eigenvalue weighted by atomic mass is 19.1. The Morgan fingerprint density at radius 1 is 1.33 bits per heavy atom. The first kappa shape index (κ1) is 13.0. The number of nitrogens with zero attached hydrogens (tertiary/aromatic N) is 1. The molecule has 0 radical (unpaired) electrons. The summed E-state index contributed by atoms with van der Waals surface area (Å²) in [7, 11) is 2.09. The van der Waals surface area contributed by atoms with Crippen molar-refractivity contribution in [3.05, 3.63) is 35.6 Å².